The smallest absolute Gasteiger partial charge is 0.213 e. The monoisotopic (exact) mass is 512 g/mol. The van der Waals surface area contributed by atoms with Gasteiger partial charge in [0.05, 0.1) is 27.4 Å². The number of methoxy groups -OCH3 is 2. The molecule has 8 heteroatoms. The third kappa shape index (κ3) is 7.26. The van der Waals surface area contributed by atoms with Crippen molar-refractivity contribution in [1.82, 2.24) is 10.3 Å². The van der Waals surface area contributed by atoms with Gasteiger partial charge in [-0.3, -0.25) is 0 Å². The Balaban J connectivity index is 0.00000300. The Bertz CT molecular complexity index is 812. The van der Waals surface area contributed by atoms with Crippen LogP contribution in [0.5, 0.6) is 17.4 Å². The molecular formula is C21H29IN4O3. The molecule has 0 aliphatic heterocycles. The summed E-state index contributed by atoms with van der Waals surface area (Å²) < 4.78 is 16.4. The molecule has 0 atom stereocenters. The van der Waals surface area contributed by atoms with Gasteiger partial charge in [0.25, 0.3) is 0 Å². The predicted molar refractivity (Wildman–Crippen MR) is 126 cm³/mol. The normalized spacial score (nSPS) is 13.3. The van der Waals surface area contributed by atoms with Gasteiger partial charge in [-0.25, -0.2) is 9.98 Å². The quantitative estimate of drug-likeness (QED) is 0.300. The number of pyridine rings is 1. The number of nitrogens with one attached hydrogen (secondary N) is 2. The number of guanidine groups is 1. The summed E-state index contributed by atoms with van der Waals surface area (Å²) in [4.78, 5) is 8.94. The molecule has 1 aliphatic carbocycles. The lowest BCUT2D eigenvalue weighted by Crippen LogP contribution is -2.30. The average Bonchev–Trinajstić information content (AvgIpc) is 3.55. The first-order valence-electron chi connectivity index (χ1n) is 9.57. The summed E-state index contributed by atoms with van der Waals surface area (Å²) in [6.45, 7) is 4.06. The maximum Gasteiger partial charge on any atom is 0.213 e. The number of rotatable bonds is 9. The largest absolute Gasteiger partial charge is 0.493 e. The summed E-state index contributed by atoms with van der Waals surface area (Å²) in [5, 5.41) is 6.55. The highest BCUT2D eigenvalue weighted by Crippen LogP contribution is 2.30. The molecule has 0 amide bonds. The number of aromatic nitrogens is 1. The molecule has 0 bridgehead atoms. The van der Waals surface area contributed by atoms with Crippen molar-refractivity contribution in [2.75, 3.05) is 32.7 Å². The van der Waals surface area contributed by atoms with Gasteiger partial charge in [-0.1, -0.05) is 0 Å². The number of hydrogen-bond acceptors (Lipinski definition) is 5. The number of benzene rings is 1. The lowest BCUT2D eigenvalue weighted by molar-refractivity contribution is 0.288. The molecule has 1 saturated carbocycles. The summed E-state index contributed by atoms with van der Waals surface area (Å²) in [6, 6.07) is 9.56. The lowest BCUT2D eigenvalue weighted by atomic mass is 10.2. The highest BCUT2D eigenvalue weighted by Gasteiger charge is 2.22. The molecule has 2 N–H and O–H groups in total. The second-order valence-corrected chi connectivity index (χ2v) is 6.65. The van der Waals surface area contributed by atoms with Crippen molar-refractivity contribution in [3.63, 3.8) is 0 Å². The van der Waals surface area contributed by atoms with Crippen molar-refractivity contribution >= 4 is 35.6 Å². The van der Waals surface area contributed by atoms with Crippen molar-refractivity contribution < 1.29 is 14.2 Å². The fraction of sp³-hybridized carbons (Fsp3) is 0.429. The number of hydrogen-bond donors (Lipinski definition) is 2. The Morgan fingerprint density at radius 2 is 1.93 bits per heavy atom. The number of anilines is 1. The number of nitrogens with zero attached hydrogens (tertiary/aromatic N) is 2. The number of halogens is 1. The molecule has 1 aromatic heterocycles. The van der Waals surface area contributed by atoms with Gasteiger partial charge in [0.2, 0.25) is 5.88 Å². The molecule has 1 aromatic carbocycles. The van der Waals surface area contributed by atoms with E-state index in [1.165, 1.54) is 12.8 Å². The molecule has 0 spiro atoms. The van der Waals surface area contributed by atoms with Crippen LogP contribution in [0.1, 0.15) is 25.3 Å². The molecule has 29 heavy (non-hydrogen) atoms. The lowest BCUT2D eigenvalue weighted by Gasteiger charge is -2.14. The molecule has 3 rings (SSSR count). The van der Waals surface area contributed by atoms with E-state index < -0.39 is 0 Å². The van der Waals surface area contributed by atoms with Crippen LogP contribution in [0.4, 0.5) is 5.69 Å². The Hall–Kier alpha value is -2.23. The highest BCUT2D eigenvalue weighted by molar-refractivity contribution is 14.0. The van der Waals surface area contributed by atoms with Gasteiger partial charge in [0.15, 0.2) is 17.5 Å². The first-order chi connectivity index (χ1) is 13.7. The Labute approximate surface area is 189 Å². The molecule has 1 heterocycles. The maximum absolute atomic E-state index is 5.75. The van der Waals surface area contributed by atoms with Gasteiger partial charge < -0.3 is 24.8 Å². The third-order valence-corrected chi connectivity index (χ3v) is 4.37. The average molecular weight is 512 g/mol. The standard InChI is InChI=1S/C21H28N4O3.HI/c1-4-22-21(25-17-7-8-18(26-2)19(12-17)27-3)24-13-16-9-10-23-20(11-16)28-14-15-5-6-15;/h7-12,15H,4-6,13-14H2,1-3H3,(H2,22,24,25);1H. The molecule has 2 aromatic rings. The SMILES string of the molecule is CCNC(=NCc1ccnc(OCC2CC2)c1)Nc1ccc(OC)c(OC)c1.I. The van der Waals surface area contributed by atoms with E-state index in [0.717, 1.165) is 24.4 Å². The fourth-order valence-electron chi connectivity index (χ4n) is 2.64. The Morgan fingerprint density at radius 1 is 1.14 bits per heavy atom. The van der Waals surface area contributed by atoms with Gasteiger partial charge in [0, 0.05) is 30.6 Å². The van der Waals surface area contributed by atoms with E-state index in [1.807, 2.05) is 37.3 Å². The van der Waals surface area contributed by atoms with Crippen LogP contribution >= 0.6 is 24.0 Å². The van der Waals surface area contributed by atoms with E-state index in [-0.39, 0.29) is 24.0 Å². The van der Waals surface area contributed by atoms with Gasteiger partial charge in [0.1, 0.15) is 0 Å². The molecule has 0 unspecified atom stereocenters. The summed E-state index contributed by atoms with van der Waals surface area (Å²) in [7, 11) is 3.24. The Kier molecular flexibility index (Phi) is 9.30. The van der Waals surface area contributed by atoms with Crippen LogP contribution in [0.15, 0.2) is 41.5 Å². The zero-order chi connectivity index (χ0) is 19.8. The zero-order valence-electron chi connectivity index (χ0n) is 17.1. The van der Waals surface area contributed by atoms with Crippen LogP contribution < -0.4 is 24.8 Å². The van der Waals surface area contributed by atoms with Crippen LogP contribution in [0.25, 0.3) is 0 Å². The van der Waals surface area contributed by atoms with E-state index in [0.29, 0.717) is 35.8 Å². The molecule has 0 saturated heterocycles. The molecule has 158 valence electrons. The first-order valence-corrected chi connectivity index (χ1v) is 9.57. The second kappa shape index (κ2) is 11.7. The summed E-state index contributed by atoms with van der Waals surface area (Å²) in [5.74, 6) is 3.40. The second-order valence-electron chi connectivity index (χ2n) is 6.65. The molecule has 1 fully saturated rings. The first kappa shape index (κ1) is 23.1. The highest BCUT2D eigenvalue weighted by atomic mass is 127. The number of ether oxygens (including phenoxy) is 3. The van der Waals surface area contributed by atoms with Crippen LogP contribution in [0.3, 0.4) is 0 Å². The molecular weight excluding hydrogens is 483 g/mol. The van der Waals surface area contributed by atoms with Crippen LogP contribution in [-0.4, -0.2) is 38.3 Å². The van der Waals surface area contributed by atoms with E-state index in [2.05, 4.69) is 20.6 Å². The van der Waals surface area contributed by atoms with Gasteiger partial charge >= 0.3 is 0 Å². The third-order valence-electron chi connectivity index (χ3n) is 4.37. The van der Waals surface area contributed by atoms with E-state index in [4.69, 9.17) is 14.2 Å². The van der Waals surface area contributed by atoms with Crippen molar-refractivity contribution in [1.29, 1.82) is 0 Å². The van der Waals surface area contributed by atoms with Crippen molar-refractivity contribution in [2.24, 2.45) is 10.9 Å². The summed E-state index contributed by atoms with van der Waals surface area (Å²) in [6.07, 6.45) is 4.29. The minimum absolute atomic E-state index is 0. The minimum atomic E-state index is 0. The predicted octanol–water partition coefficient (Wildman–Crippen LogP) is 4.08. The number of aliphatic imine (C=N–C) groups is 1. The summed E-state index contributed by atoms with van der Waals surface area (Å²) in [5.41, 5.74) is 1.91. The van der Waals surface area contributed by atoms with Crippen molar-refractivity contribution in [3.8, 4) is 17.4 Å². The van der Waals surface area contributed by atoms with Crippen molar-refractivity contribution in [3.05, 3.63) is 42.1 Å². The van der Waals surface area contributed by atoms with Crippen LogP contribution in [-0.2, 0) is 6.54 Å². The van der Waals surface area contributed by atoms with Gasteiger partial charge in [-0.15, -0.1) is 24.0 Å². The molecule has 0 radical (unpaired) electrons. The zero-order valence-corrected chi connectivity index (χ0v) is 19.4. The summed E-state index contributed by atoms with van der Waals surface area (Å²) >= 11 is 0. The Morgan fingerprint density at radius 3 is 2.62 bits per heavy atom. The van der Waals surface area contributed by atoms with Gasteiger partial charge in [-0.05, 0) is 49.4 Å². The topological polar surface area (TPSA) is 77.0 Å². The minimum Gasteiger partial charge on any atom is -0.493 e. The van der Waals surface area contributed by atoms with Gasteiger partial charge in [-0.2, -0.15) is 0 Å². The van der Waals surface area contributed by atoms with E-state index in [9.17, 15) is 0 Å². The molecule has 7 nitrogen and oxygen atoms in total. The van der Waals surface area contributed by atoms with Crippen LogP contribution in [0.2, 0.25) is 0 Å². The van der Waals surface area contributed by atoms with Crippen molar-refractivity contribution in [2.45, 2.75) is 26.3 Å². The maximum atomic E-state index is 5.75. The molecule has 1 aliphatic rings. The van der Waals surface area contributed by atoms with Crippen LogP contribution in [0, 0.1) is 5.92 Å². The fourth-order valence-corrected chi connectivity index (χ4v) is 2.64. The van der Waals surface area contributed by atoms with E-state index >= 15 is 0 Å². The van der Waals surface area contributed by atoms with E-state index in [1.54, 1.807) is 20.4 Å².